The Hall–Kier alpha value is -4.09. The van der Waals surface area contributed by atoms with Gasteiger partial charge in [0, 0.05) is 37.0 Å². The molecule has 3 aromatic rings. The zero-order valence-corrected chi connectivity index (χ0v) is 22.5. The molecular formula is C27H33N9O3. The van der Waals surface area contributed by atoms with Crippen LogP contribution in [0.3, 0.4) is 0 Å². The molecule has 12 nitrogen and oxygen atoms in total. The molecule has 12 heteroatoms. The van der Waals surface area contributed by atoms with Gasteiger partial charge in [-0.3, -0.25) is 19.7 Å². The van der Waals surface area contributed by atoms with Crippen LogP contribution in [-0.4, -0.2) is 58.4 Å². The Kier molecular flexibility index (Phi) is 6.40. The molecule has 0 spiro atoms. The Morgan fingerprint density at radius 3 is 2.56 bits per heavy atom. The van der Waals surface area contributed by atoms with Gasteiger partial charge in [0.15, 0.2) is 5.82 Å². The number of nitrogens with one attached hydrogen (secondary N) is 2. The molecule has 2 unspecified atom stereocenters. The zero-order valence-electron chi connectivity index (χ0n) is 22.5. The van der Waals surface area contributed by atoms with E-state index in [-0.39, 0.29) is 24.3 Å². The summed E-state index contributed by atoms with van der Waals surface area (Å²) in [7, 11) is 1.98. The van der Waals surface area contributed by atoms with E-state index in [1.807, 2.05) is 43.8 Å². The Labute approximate surface area is 226 Å². The molecule has 39 heavy (non-hydrogen) atoms. The second-order valence-corrected chi connectivity index (χ2v) is 10.8. The molecule has 2 aliphatic heterocycles. The minimum atomic E-state index is -0.648. The summed E-state index contributed by atoms with van der Waals surface area (Å²) < 4.78 is 4.00. The van der Waals surface area contributed by atoms with Crippen LogP contribution in [-0.2, 0) is 23.2 Å². The van der Waals surface area contributed by atoms with Crippen LogP contribution in [0.25, 0.3) is 0 Å². The number of imidazole rings is 1. The second kappa shape index (κ2) is 9.90. The lowest BCUT2D eigenvalue weighted by Crippen LogP contribution is -2.52. The number of hydrogen-bond donors (Lipinski definition) is 2. The zero-order chi connectivity index (χ0) is 27.3. The molecule has 3 amide bonds. The third kappa shape index (κ3) is 4.47. The van der Waals surface area contributed by atoms with Crippen LogP contribution in [0.1, 0.15) is 96.0 Å². The molecule has 6 rings (SSSR count). The molecule has 2 aromatic heterocycles. The van der Waals surface area contributed by atoms with Crippen LogP contribution in [0.5, 0.6) is 0 Å². The van der Waals surface area contributed by atoms with Gasteiger partial charge < -0.3 is 14.8 Å². The minimum absolute atomic E-state index is 0.213. The normalized spacial score (nSPS) is 20.7. The standard InChI is InChI=1S/C27H33N9O3/c1-15-16(2)34(3)24(28-15)23(25-31-32-33-36(25)19-7-5-4-6-8-19)29-18-10-9-17-14-35(27(39)20(17)13-18)21-11-12-22(37)30-26(21)38/h9-10,13,19,21,23,29H,4-8,11-12,14H2,1-3H3,(H,30,37,38). The van der Waals surface area contributed by atoms with Gasteiger partial charge in [-0.25, -0.2) is 9.67 Å². The highest BCUT2D eigenvalue weighted by atomic mass is 16.2. The van der Waals surface area contributed by atoms with Crippen molar-refractivity contribution in [1.82, 2.24) is 40.0 Å². The quantitative estimate of drug-likeness (QED) is 0.463. The fourth-order valence-corrected chi connectivity index (χ4v) is 6.03. The minimum Gasteiger partial charge on any atom is -0.369 e. The number of rotatable bonds is 6. The molecule has 2 N–H and O–H groups in total. The average Bonchev–Trinajstić information content (AvgIpc) is 3.61. The largest absolute Gasteiger partial charge is 0.369 e. The number of amides is 3. The molecule has 4 heterocycles. The van der Waals surface area contributed by atoms with Gasteiger partial charge in [0.1, 0.15) is 17.9 Å². The van der Waals surface area contributed by atoms with Crippen molar-refractivity contribution < 1.29 is 14.4 Å². The summed E-state index contributed by atoms with van der Waals surface area (Å²) >= 11 is 0. The number of anilines is 1. The number of nitrogens with zero attached hydrogens (tertiary/aromatic N) is 7. The number of imide groups is 1. The summed E-state index contributed by atoms with van der Waals surface area (Å²) in [5.74, 6) is 0.547. The van der Waals surface area contributed by atoms with E-state index < -0.39 is 18.0 Å². The molecular weight excluding hydrogens is 498 g/mol. The highest BCUT2D eigenvalue weighted by Gasteiger charge is 2.39. The van der Waals surface area contributed by atoms with Crippen molar-refractivity contribution in [1.29, 1.82) is 0 Å². The molecule has 3 aliphatic rings. The summed E-state index contributed by atoms with van der Waals surface area (Å²) in [5, 5.41) is 18.8. The van der Waals surface area contributed by atoms with E-state index in [4.69, 9.17) is 4.98 Å². The highest BCUT2D eigenvalue weighted by Crippen LogP contribution is 2.34. The van der Waals surface area contributed by atoms with Crippen LogP contribution < -0.4 is 10.6 Å². The number of aromatic nitrogens is 6. The second-order valence-electron chi connectivity index (χ2n) is 10.8. The third-order valence-corrected chi connectivity index (χ3v) is 8.45. The lowest BCUT2D eigenvalue weighted by Gasteiger charge is -2.29. The van der Waals surface area contributed by atoms with Crippen LogP contribution in [0.4, 0.5) is 5.69 Å². The number of fused-ring (bicyclic) bond motifs is 1. The molecule has 1 saturated heterocycles. The van der Waals surface area contributed by atoms with E-state index >= 15 is 0 Å². The Balaban J connectivity index is 1.32. The number of piperidine rings is 1. The summed E-state index contributed by atoms with van der Waals surface area (Å²) in [6.45, 7) is 4.35. The Morgan fingerprint density at radius 2 is 1.85 bits per heavy atom. The van der Waals surface area contributed by atoms with Crippen molar-refractivity contribution in [2.24, 2.45) is 7.05 Å². The maximum absolute atomic E-state index is 13.4. The van der Waals surface area contributed by atoms with E-state index in [0.29, 0.717) is 24.4 Å². The van der Waals surface area contributed by atoms with Crippen molar-refractivity contribution in [2.75, 3.05) is 5.32 Å². The number of hydrogen-bond acceptors (Lipinski definition) is 8. The lowest BCUT2D eigenvalue weighted by atomic mass is 9.95. The lowest BCUT2D eigenvalue weighted by molar-refractivity contribution is -0.136. The molecule has 2 atom stereocenters. The molecule has 1 aliphatic carbocycles. The number of tetrazole rings is 1. The van der Waals surface area contributed by atoms with Crippen molar-refractivity contribution in [2.45, 2.75) is 83.5 Å². The predicted octanol–water partition coefficient (Wildman–Crippen LogP) is 2.49. The Morgan fingerprint density at radius 1 is 1.05 bits per heavy atom. The van der Waals surface area contributed by atoms with Crippen molar-refractivity contribution in [3.05, 3.63) is 52.4 Å². The number of benzene rings is 1. The fourth-order valence-electron chi connectivity index (χ4n) is 6.03. The fraction of sp³-hybridized carbons (Fsp3) is 0.519. The summed E-state index contributed by atoms with van der Waals surface area (Å²) in [4.78, 5) is 43.9. The van der Waals surface area contributed by atoms with E-state index in [9.17, 15) is 14.4 Å². The SMILES string of the molecule is Cc1nc(C(Nc2ccc3c(c2)C(=O)N(C2CCC(=O)NC2=O)C3)c2nnnn2C2CCCCC2)n(C)c1C. The van der Waals surface area contributed by atoms with Gasteiger partial charge in [-0.1, -0.05) is 25.3 Å². The van der Waals surface area contributed by atoms with Crippen LogP contribution in [0.2, 0.25) is 0 Å². The van der Waals surface area contributed by atoms with Gasteiger partial charge in [-0.2, -0.15) is 0 Å². The highest BCUT2D eigenvalue weighted by molar-refractivity contribution is 6.05. The summed E-state index contributed by atoms with van der Waals surface area (Å²) in [6.07, 6.45) is 6.16. The van der Waals surface area contributed by atoms with E-state index in [1.165, 1.54) is 6.42 Å². The van der Waals surface area contributed by atoms with E-state index in [1.54, 1.807) is 4.90 Å². The van der Waals surface area contributed by atoms with Crippen LogP contribution in [0.15, 0.2) is 18.2 Å². The van der Waals surface area contributed by atoms with Crippen molar-refractivity contribution in [3.63, 3.8) is 0 Å². The smallest absolute Gasteiger partial charge is 0.255 e. The number of carbonyl (C=O) groups excluding carboxylic acids is 3. The molecule has 0 bridgehead atoms. The maximum atomic E-state index is 13.4. The summed E-state index contributed by atoms with van der Waals surface area (Å²) in [6, 6.07) is 4.82. The molecule has 1 saturated carbocycles. The first-order chi connectivity index (χ1) is 18.8. The van der Waals surface area contributed by atoms with Gasteiger partial charge in [-0.15, -0.1) is 5.10 Å². The van der Waals surface area contributed by atoms with Crippen molar-refractivity contribution in [3.8, 4) is 0 Å². The first-order valence-corrected chi connectivity index (χ1v) is 13.6. The van der Waals surface area contributed by atoms with Crippen molar-refractivity contribution >= 4 is 23.4 Å². The van der Waals surface area contributed by atoms with Gasteiger partial charge in [0.05, 0.1) is 11.7 Å². The molecule has 2 fully saturated rings. The maximum Gasteiger partial charge on any atom is 0.255 e. The Bertz CT molecular complexity index is 1450. The first kappa shape index (κ1) is 25.2. The molecule has 0 radical (unpaired) electrons. The van der Waals surface area contributed by atoms with Crippen LogP contribution >= 0.6 is 0 Å². The first-order valence-electron chi connectivity index (χ1n) is 13.6. The average molecular weight is 532 g/mol. The number of carbonyl (C=O) groups is 3. The van der Waals surface area contributed by atoms with Gasteiger partial charge in [0.2, 0.25) is 11.8 Å². The van der Waals surface area contributed by atoms with E-state index in [2.05, 4.69) is 30.7 Å². The molecule has 204 valence electrons. The number of aryl methyl sites for hydroxylation is 1. The van der Waals surface area contributed by atoms with E-state index in [0.717, 1.165) is 54.1 Å². The topological polar surface area (TPSA) is 140 Å². The summed E-state index contributed by atoms with van der Waals surface area (Å²) in [5.41, 5.74) is 4.11. The molecule has 1 aromatic carbocycles. The monoisotopic (exact) mass is 531 g/mol. The third-order valence-electron chi connectivity index (χ3n) is 8.45. The van der Waals surface area contributed by atoms with Gasteiger partial charge in [-0.05, 0) is 61.2 Å². The van der Waals surface area contributed by atoms with Crippen LogP contribution in [0, 0.1) is 13.8 Å². The van der Waals surface area contributed by atoms with Gasteiger partial charge in [0.25, 0.3) is 5.91 Å². The van der Waals surface area contributed by atoms with Gasteiger partial charge >= 0.3 is 0 Å². The predicted molar refractivity (Wildman–Crippen MR) is 141 cm³/mol.